The zero-order valence-corrected chi connectivity index (χ0v) is 15.9. The highest BCUT2D eigenvalue weighted by Gasteiger charge is 2.27. The van der Waals surface area contributed by atoms with Crippen molar-refractivity contribution in [1.29, 1.82) is 0 Å². The smallest absolute Gasteiger partial charge is 0.242 e. The summed E-state index contributed by atoms with van der Waals surface area (Å²) >= 11 is 5.31. The lowest BCUT2D eigenvalue weighted by atomic mass is 9.78. The molecule has 3 atom stereocenters. The Kier molecular flexibility index (Phi) is 6.60. The van der Waals surface area contributed by atoms with E-state index in [-0.39, 0.29) is 5.91 Å². The quantitative estimate of drug-likeness (QED) is 0.581. The first-order valence-electron chi connectivity index (χ1n) is 8.78. The molecule has 0 saturated heterocycles. The van der Waals surface area contributed by atoms with Gasteiger partial charge in [0.25, 0.3) is 0 Å². The van der Waals surface area contributed by atoms with Crippen LogP contribution in [0.1, 0.15) is 49.8 Å². The largest absolute Gasteiger partial charge is 0.358 e. The first-order chi connectivity index (χ1) is 11.4. The van der Waals surface area contributed by atoms with Crippen molar-refractivity contribution in [2.75, 3.05) is 0 Å². The molecular weight excluding hydrogens is 318 g/mol. The van der Waals surface area contributed by atoms with E-state index in [9.17, 15) is 4.79 Å². The molecule has 1 fully saturated rings. The SMILES string of the molecule is Cc1ccc(CC(=O)NNC(=S)N[C@H]2CCC[C@@H](C)[C@@H]2C)cc1C. The predicted octanol–water partition coefficient (Wildman–Crippen LogP) is 3.17. The second-order valence-corrected chi connectivity index (χ2v) is 7.52. The lowest BCUT2D eigenvalue weighted by Gasteiger charge is -2.35. The van der Waals surface area contributed by atoms with Gasteiger partial charge >= 0.3 is 0 Å². The second-order valence-electron chi connectivity index (χ2n) is 7.12. The average Bonchev–Trinajstić information content (AvgIpc) is 2.53. The number of carbonyl (C=O) groups is 1. The monoisotopic (exact) mass is 347 g/mol. The number of hydrogen-bond acceptors (Lipinski definition) is 2. The molecule has 1 aliphatic carbocycles. The highest BCUT2D eigenvalue weighted by atomic mass is 32.1. The molecule has 0 bridgehead atoms. The molecular formula is C19H29N3OS. The van der Waals surface area contributed by atoms with Crippen LogP contribution in [-0.4, -0.2) is 17.1 Å². The Morgan fingerprint density at radius 2 is 1.92 bits per heavy atom. The number of rotatable bonds is 3. The van der Waals surface area contributed by atoms with Crippen LogP contribution in [0, 0.1) is 25.7 Å². The van der Waals surface area contributed by atoms with Crippen LogP contribution in [0.3, 0.4) is 0 Å². The first kappa shape index (κ1) is 18.7. The standard InChI is InChI=1S/C19H29N3OS/c1-12-8-9-16(10-14(12)3)11-18(23)21-22-19(24)20-17-7-5-6-13(2)15(17)4/h8-10,13,15,17H,5-7,11H2,1-4H3,(H,21,23)(H2,20,22,24)/t13-,15+,17+/m1/s1. The summed E-state index contributed by atoms with van der Waals surface area (Å²) in [6.07, 6.45) is 3.98. The lowest BCUT2D eigenvalue weighted by Crippen LogP contribution is -2.52. The van der Waals surface area contributed by atoms with Crippen LogP contribution in [0.5, 0.6) is 0 Å². The molecule has 0 heterocycles. The van der Waals surface area contributed by atoms with Gasteiger partial charge in [-0.3, -0.25) is 15.6 Å². The molecule has 0 aliphatic heterocycles. The highest BCUT2D eigenvalue weighted by Crippen LogP contribution is 2.29. The third kappa shape index (κ3) is 5.20. The van der Waals surface area contributed by atoms with Crippen LogP contribution in [0.4, 0.5) is 0 Å². The molecule has 1 aromatic rings. The Labute approximate surface area is 150 Å². The first-order valence-corrected chi connectivity index (χ1v) is 9.19. The molecule has 1 aromatic carbocycles. The third-order valence-corrected chi connectivity index (χ3v) is 5.49. The van der Waals surface area contributed by atoms with Crippen molar-refractivity contribution in [3.05, 3.63) is 34.9 Å². The molecule has 1 saturated carbocycles. The van der Waals surface area contributed by atoms with Crippen molar-refractivity contribution >= 4 is 23.2 Å². The molecule has 4 nitrogen and oxygen atoms in total. The normalized spacial score (nSPS) is 23.4. The molecule has 3 N–H and O–H groups in total. The van der Waals surface area contributed by atoms with Crippen LogP contribution in [0.15, 0.2) is 18.2 Å². The minimum atomic E-state index is -0.0903. The third-order valence-electron chi connectivity index (χ3n) is 5.27. The van der Waals surface area contributed by atoms with Gasteiger partial charge < -0.3 is 5.32 Å². The molecule has 2 rings (SSSR count). The Morgan fingerprint density at radius 1 is 1.17 bits per heavy atom. The van der Waals surface area contributed by atoms with E-state index < -0.39 is 0 Å². The molecule has 5 heteroatoms. The van der Waals surface area contributed by atoms with E-state index in [0.29, 0.717) is 29.4 Å². The van der Waals surface area contributed by atoms with Gasteiger partial charge in [-0.15, -0.1) is 0 Å². The maximum absolute atomic E-state index is 12.1. The van der Waals surface area contributed by atoms with Crippen molar-refractivity contribution < 1.29 is 4.79 Å². The number of benzene rings is 1. The number of hydrogen-bond donors (Lipinski definition) is 3. The molecule has 0 spiro atoms. The van der Waals surface area contributed by atoms with E-state index >= 15 is 0 Å². The number of amides is 1. The van der Waals surface area contributed by atoms with Crippen LogP contribution in [0.25, 0.3) is 0 Å². The van der Waals surface area contributed by atoms with Crippen molar-refractivity contribution in [1.82, 2.24) is 16.2 Å². The van der Waals surface area contributed by atoms with Gasteiger partial charge in [0, 0.05) is 6.04 Å². The fraction of sp³-hybridized carbons (Fsp3) is 0.579. The van der Waals surface area contributed by atoms with E-state index in [1.54, 1.807) is 0 Å². The molecule has 0 unspecified atom stereocenters. The van der Waals surface area contributed by atoms with Crippen molar-refractivity contribution in [2.24, 2.45) is 11.8 Å². The minimum absolute atomic E-state index is 0.0903. The molecule has 132 valence electrons. The van der Waals surface area contributed by atoms with Gasteiger partial charge in [0.05, 0.1) is 6.42 Å². The van der Waals surface area contributed by atoms with Crippen LogP contribution in [-0.2, 0) is 11.2 Å². The van der Waals surface area contributed by atoms with Crippen molar-refractivity contribution in [3.8, 4) is 0 Å². The molecule has 0 aromatic heterocycles. The number of hydrazine groups is 1. The highest BCUT2D eigenvalue weighted by molar-refractivity contribution is 7.80. The molecule has 24 heavy (non-hydrogen) atoms. The summed E-state index contributed by atoms with van der Waals surface area (Å²) in [7, 11) is 0. The van der Waals surface area contributed by atoms with Gasteiger partial charge in [0.15, 0.2) is 5.11 Å². The van der Waals surface area contributed by atoms with Crippen LogP contribution in [0.2, 0.25) is 0 Å². The number of nitrogens with one attached hydrogen (secondary N) is 3. The summed E-state index contributed by atoms with van der Waals surface area (Å²) in [5, 5.41) is 3.84. The molecule has 1 amide bonds. The Bertz CT molecular complexity index is 602. The lowest BCUT2D eigenvalue weighted by molar-refractivity contribution is -0.121. The van der Waals surface area contributed by atoms with Crippen molar-refractivity contribution in [3.63, 3.8) is 0 Å². The van der Waals surface area contributed by atoms with Crippen molar-refractivity contribution in [2.45, 2.75) is 59.4 Å². The average molecular weight is 348 g/mol. The summed E-state index contributed by atoms with van der Waals surface area (Å²) in [6.45, 7) is 8.68. The Hall–Kier alpha value is -1.62. The Balaban J connectivity index is 1.76. The van der Waals surface area contributed by atoms with E-state index in [4.69, 9.17) is 12.2 Å². The maximum atomic E-state index is 12.1. The van der Waals surface area contributed by atoms with Crippen LogP contribution >= 0.6 is 12.2 Å². The van der Waals surface area contributed by atoms with Gasteiger partial charge in [-0.05, 0) is 61.0 Å². The number of carbonyl (C=O) groups excluding carboxylic acids is 1. The van der Waals surface area contributed by atoms with Gasteiger partial charge in [-0.1, -0.05) is 44.9 Å². The second kappa shape index (κ2) is 8.47. The van der Waals surface area contributed by atoms with E-state index in [0.717, 1.165) is 12.0 Å². The Morgan fingerprint density at radius 3 is 2.62 bits per heavy atom. The van der Waals surface area contributed by atoms with Gasteiger partial charge in [0.1, 0.15) is 0 Å². The maximum Gasteiger partial charge on any atom is 0.242 e. The summed E-state index contributed by atoms with van der Waals surface area (Å²) in [5.74, 6) is 1.20. The van der Waals surface area contributed by atoms with Gasteiger partial charge in [-0.25, -0.2) is 0 Å². The number of aryl methyl sites for hydroxylation is 2. The van der Waals surface area contributed by atoms with Crippen LogP contribution < -0.4 is 16.2 Å². The fourth-order valence-corrected chi connectivity index (χ4v) is 3.46. The zero-order chi connectivity index (χ0) is 17.7. The molecule has 0 radical (unpaired) electrons. The summed E-state index contributed by atoms with van der Waals surface area (Å²) in [6, 6.07) is 6.47. The van der Waals surface area contributed by atoms with Gasteiger partial charge in [-0.2, -0.15) is 0 Å². The van der Waals surface area contributed by atoms with E-state index in [2.05, 4.69) is 49.9 Å². The van der Waals surface area contributed by atoms with E-state index in [1.165, 1.54) is 24.0 Å². The summed E-state index contributed by atoms with van der Waals surface area (Å²) < 4.78 is 0. The van der Waals surface area contributed by atoms with E-state index in [1.807, 2.05) is 12.1 Å². The zero-order valence-electron chi connectivity index (χ0n) is 15.1. The summed E-state index contributed by atoms with van der Waals surface area (Å²) in [4.78, 5) is 12.1. The topological polar surface area (TPSA) is 53.2 Å². The number of thiocarbonyl (C=S) groups is 1. The van der Waals surface area contributed by atoms with Gasteiger partial charge in [0.2, 0.25) is 5.91 Å². The molecule has 1 aliphatic rings. The minimum Gasteiger partial charge on any atom is -0.358 e. The summed E-state index contributed by atoms with van der Waals surface area (Å²) in [5.41, 5.74) is 8.96. The predicted molar refractivity (Wildman–Crippen MR) is 103 cm³/mol. The fourth-order valence-electron chi connectivity index (χ4n) is 3.26.